The van der Waals surface area contributed by atoms with Gasteiger partial charge < -0.3 is 15.5 Å². The Morgan fingerprint density at radius 1 is 1.15 bits per heavy atom. The average Bonchev–Trinajstić information content (AvgIpc) is 2.64. The van der Waals surface area contributed by atoms with Crippen LogP contribution in [0.4, 0.5) is 0 Å². The van der Waals surface area contributed by atoms with E-state index < -0.39 is 0 Å². The van der Waals surface area contributed by atoms with Gasteiger partial charge in [0.25, 0.3) is 0 Å². The van der Waals surface area contributed by atoms with Crippen LogP contribution in [0.15, 0.2) is 35.3 Å². The van der Waals surface area contributed by atoms with Crippen LogP contribution in [-0.4, -0.2) is 50.0 Å². The highest BCUT2D eigenvalue weighted by Gasteiger charge is 2.15. The fraction of sp³-hybridized carbons (Fsp3) is 0.600. The summed E-state index contributed by atoms with van der Waals surface area (Å²) in [5.41, 5.74) is 1.35. The summed E-state index contributed by atoms with van der Waals surface area (Å²) in [7, 11) is 3.53. The van der Waals surface area contributed by atoms with Gasteiger partial charge in [-0.25, -0.2) is 4.99 Å². The Kier molecular flexibility index (Phi) is 11.3. The second kappa shape index (κ2) is 12.9. The Balaban J connectivity index is 0.00000338. The number of hydrogen-bond donors (Lipinski definition) is 2. The topological polar surface area (TPSA) is 56.7 Å². The number of nitrogens with one attached hydrogen (secondary N) is 2. The summed E-state index contributed by atoms with van der Waals surface area (Å²) in [6.45, 7) is 1.04. The van der Waals surface area contributed by atoms with Crippen molar-refractivity contribution < 1.29 is 4.79 Å². The lowest BCUT2D eigenvalue weighted by Gasteiger charge is -2.25. The normalized spacial score (nSPS) is 15.1. The van der Waals surface area contributed by atoms with Crippen molar-refractivity contribution in [1.29, 1.82) is 0 Å². The molecular weight excluding hydrogens is 439 g/mol. The van der Waals surface area contributed by atoms with Crippen molar-refractivity contribution in [2.45, 2.75) is 51.0 Å². The van der Waals surface area contributed by atoms with Gasteiger partial charge in [-0.3, -0.25) is 4.79 Å². The predicted molar refractivity (Wildman–Crippen MR) is 119 cm³/mol. The van der Waals surface area contributed by atoms with Crippen molar-refractivity contribution in [1.82, 2.24) is 15.5 Å². The zero-order chi connectivity index (χ0) is 17.9. The molecule has 0 aromatic heterocycles. The average molecular weight is 472 g/mol. The molecule has 0 spiro atoms. The minimum Gasteiger partial charge on any atom is -0.356 e. The largest absolute Gasteiger partial charge is 0.356 e. The van der Waals surface area contributed by atoms with E-state index in [0.717, 1.165) is 25.3 Å². The molecule has 0 atom stereocenters. The molecule has 0 bridgehead atoms. The van der Waals surface area contributed by atoms with E-state index in [1.54, 1.807) is 19.0 Å². The van der Waals surface area contributed by atoms with Crippen molar-refractivity contribution in [3.05, 3.63) is 35.9 Å². The molecule has 1 aromatic rings. The fourth-order valence-corrected chi connectivity index (χ4v) is 3.02. The van der Waals surface area contributed by atoms with E-state index >= 15 is 0 Å². The molecule has 1 amide bonds. The summed E-state index contributed by atoms with van der Waals surface area (Å²) < 4.78 is 0. The Morgan fingerprint density at radius 2 is 1.85 bits per heavy atom. The fourth-order valence-electron chi connectivity index (χ4n) is 3.02. The van der Waals surface area contributed by atoms with Gasteiger partial charge in [0.15, 0.2) is 5.96 Å². The lowest BCUT2D eigenvalue weighted by Crippen LogP contribution is -2.45. The van der Waals surface area contributed by atoms with Crippen LogP contribution in [0.5, 0.6) is 0 Å². The van der Waals surface area contributed by atoms with E-state index in [2.05, 4.69) is 39.9 Å². The van der Waals surface area contributed by atoms with Gasteiger partial charge in [0.05, 0.1) is 0 Å². The third-order valence-electron chi connectivity index (χ3n) is 4.59. The number of benzene rings is 1. The Labute approximate surface area is 175 Å². The van der Waals surface area contributed by atoms with E-state index in [9.17, 15) is 4.79 Å². The standard InChI is InChI=1S/C20H32N4O.HI/c1-24(2)19(25)16-22-20(23-18-13-7-4-8-14-18)21-15-9-12-17-10-5-3-6-11-17;/h3,5-6,10-11,18H,4,7-9,12-16H2,1-2H3,(H2,21,22,23);1H. The number of carbonyl (C=O) groups excluding carboxylic acids is 1. The second-order valence-electron chi connectivity index (χ2n) is 6.95. The molecule has 6 heteroatoms. The molecule has 1 fully saturated rings. The number of likely N-dealkylation sites (N-methyl/N-ethyl adjacent to an activating group) is 1. The van der Waals surface area contributed by atoms with Gasteiger partial charge in [-0.2, -0.15) is 0 Å². The number of hydrogen-bond acceptors (Lipinski definition) is 2. The Bertz CT molecular complexity index is 542. The molecule has 2 N–H and O–H groups in total. The third-order valence-corrected chi connectivity index (χ3v) is 4.59. The van der Waals surface area contributed by atoms with Crippen molar-refractivity contribution in [2.75, 3.05) is 27.2 Å². The predicted octanol–water partition coefficient (Wildman–Crippen LogP) is 3.19. The monoisotopic (exact) mass is 472 g/mol. The van der Waals surface area contributed by atoms with Crippen LogP contribution >= 0.6 is 24.0 Å². The van der Waals surface area contributed by atoms with Crippen molar-refractivity contribution >= 4 is 35.8 Å². The highest BCUT2D eigenvalue weighted by Crippen LogP contribution is 2.17. The maximum atomic E-state index is 11.8. The third kappa shape index (κ3) is 8.87. The van der Waals surface area contributed by atoms with Crippen LogP contribution in [0.3, 0.4) is 0 Å². The van der Waals surface area contributed by atoms with Crippen LogP contribution < -0.4 is 10.6 Å². The van der Waals surface area contributed by atoms with Crippen LogP contribution in [0.2, 0.25) is 0 Å². The molecule has 26 heavy (non-hydrogen) atoms. The smallest absolute Gasteiger partial charge is 0.243 e. The van der Waals surface area contributed by atoms with Crippen LogP contribution in [-0.2, 0) is 11.2 Å². The van der Waals surface area contributed by atoms with Gasteiger partial charge >= 0.3 is 0 Å². The summed E-state index contributed by atoms with van der Waals surface area (Å²) in [5.74, 6) is 0.796. The molecule has 146 valence electrons. The molecule has 2 rings (SSSR count). The zero-order valence-corrected chi connectivity index (χ0v) is 18.4. The maximum Gasteiger partial charge on any atom is 0.243 e. The lowest BCUT2D eigenvalue weighted by atomic mass is 9.96. The first kappa shape index (κ1) is 22.7. The molecule has 5 nitrogen and oxygen atoms in total. The van der Waals surface area contributed by atoms with Gasteiger partial charge in [0.2, 0.25) is 5.91 Å². The quantitative estimate of drug-likeness (QED) is 0.278. The minimum absolute atomic E-state index is 0. The second-order valence-corrected chi connectivity index (χ2v) is 6.95. The SMILES string of the molecule is CN(C)C(=O)CN=C(NCCCc1ccccc1)NC1CCCCC1.I. The summed E-state index contributed by atoms with van der Waals surface area (Å²) in [6.07, 6.45) is 8.33. The molecule has 1 saturated carbocycles. The van der Waals surface area contributed by atoms with E-state index in [1.165, 1.54) is 37.7 Å². The van der Waals surface area contributed by atoms with Gasteiger partial charge in [0.1, 0.15) is 6.54 Å². The van der Waals surface area contributed by atoms with Crippen molar-refractivity contribution in [3.63, 3.8) is 0 Å². The van der Waals surface area contributed by atoms with Gasteiger partial charge in [-0.05, 0) is 31.2 Å². The minimum atomic E-state index is 0. The Morgan fingerprint density at radius 3 is 2.50 bits per heavy atom. The summed E-state index contributed by atoms with van der Waals surface area (Å²) >= 11 is 0. The molecule has 0 radical (unpaired) electrons. The van der Waals surface area contributed by atoms with Crippen molar-refractivity contribution in [2.24, 2.45) is 4.99 Å². The van der Waals surface area contributed by atoms with Crippen LogP contribution in [0.25, 0.3) is 0 Å². The first-order valence-corrected chi connectivity index (χ1v) is 9.44. The first-order chi connectivity index (χ1) is 12.1. The lowest BCUT2D eigenvalue weighted by molar-refractivity contribution is -0.127. The zero-order valence-electron chi connectivity index (χ0n) is 16.0. The maximum absolute atomic E-state index is 11.8. The van der Waals surface area contributed by atoms with E-state index in [-0.39, 0.29) is 36.4 Å². The summed E-state index contributed by atoms with van der Waals surface area (Å²) in [5, 5.41) is 6.92. The molecule has 0 heterocycles. The highest BCUT2D eigenvalue weighted by molar-refractivity contribution is 14.0. The number of aliphatic imine (C=N–C) groups is 1. The highest BCUT2D eigenvalue weighted by atomic mass is 127. The molecule has 0 saturated heterocycles. The molecule has 1 aromatic carbocycles. The van der Waals surface area contributed by atoms with Gasteiger partial charge in [-0.1, -0.05) is 49.6 Å². The van der Waals surface area contributed by atoms with E-state index in [1.807, 2.05) is 6.07 Å². The number of aryl methyl sites for hydroxylation is 1. The summed E-state index contributed by atoms with van der Waals surface area (Å²) in [4.78, 5) is 17.9. The number of amides is 1. The first-order valence-electron chi connectivity index (χ1n) is 9.44. The number of rotatable bonds is 7. The van der Waals surface area contributed by atoms with Crippen LogP contribution in [0.1, 0.15) is 44.1 Å². The molecular formula is C20H33IN4O. The van der Waals surface area contributed by atoms with Gasteiger partial charge in [0, 0.05) is 26.7 Å². The van der Waals surface area contributed by atoms with Gasteiger partial charge in [-0.15, -0.1) is 24.0 Å². The Hall–Kier alpha value is -1.31. The van der Waals surface area contributed by atoms with Crippen molar-refractivity contribution in [3.8, 4) is 0 Å². The number of carbonyl (C=O) groups is 1. The summed E-state index contributed by atoms with van der Waals surface area (Å²) in [6, 6.07) is 11.0. The number of guanidine groups is 1. The number of halogens is 1. The molecule has 1 aliphatic carbocycles. The van der Waals surface area contributed by atoms with E-state index in [4.69, 9.17) is 0 Å². The number of nitrogens with zero attached hydrogens (tertiary/aromatic N) is 2. The molecule has 0 aliphatic heterocycles. The molecule has 1 aliphatic rings. The van der Waals surface area contributed by atoms with Crippen LogP contribution in [0, 0.1) is 0 Å². The van der Waals surface area contributed by atoms with E-state index in [0.29, 0.717) is 6.04 Å². The molecule has 0 unspecified atom stereocenters.